The minimum atomic E-state index is -1.03. The van der Waals surface area contributed by atoms with E-state index in [1.54, 1.807) is 30.5 Å². The summed E-state index contributed by atoms with van der Waals surface area (Å²) in [5.74, 6) is 0.206. The van der Waals surface area contributed by atoms with Crippen molar-refractivity contribution in [1.29, 1.82) is 0 Å². The number of carboxylic acids is 1. The lowest BCUT2D eigenvalue weighted by Gasteiger charge is -2.03. The number of carboxylic acid groups (broad SMARTS) is 1. The van der Waals surface area contributed by atoms with Crippen LogP contribution >= 0.6 is 11.6 Å². The van der Waals surface area contributed by atoms with Gasteiger partial charge >= 0.3 is 5.97 Å². The van der Waals surface area contributed by atoms with Crippen LogP contribution < -0.4 is 0 Å². The fraction of sp³-hybridized carbons (Fsp3) is 0.0769. The van der Waals surface area contributed by atoms with Gasteiger partial charge in [-0.3, -0.25) is 4.40 Å². The Bertz CT molecular complexity index is 747. The summed E-state index contributed by atoms with van der Waals surface area (Å²) in [4.78, 5) is 15.5. The number of hydrogen-bond acceptors (Lipinski definition) is 3. The molecule has 0 radical (unpaired) electrons. The maximum Gasteiger partial charge on any atom is 0.352 e. The average Bonchev–Trinajstić information content (AvgIpc) is 2.99. The zero-order valence-corrected chi connectivity index (χ0v) is 10.5. The Balaban J connectivity index is 2.21. The number of pyridine rings is 1. The van der Waals surface area contributed by atoms with Crippen LogP contribution in [0.15, 0.2) is 41.0 Å². The van der Waals surface area contributed by atoms with Crippen LogP contribution in [0, 0.1) is 0 Å². The first-order chi connectivity index (χ1) is 9.16. The number of aromatic nitrogens is 2. The second kappa shape index (κ2) is 4.44. The van der Waals surface area contributed by atoms with Gasteiger partial charge in [-0.2, -0.15) is 0 Å². The number of hydrogen-bond donors (Lipinski definition) is 1. The van der Waals surface area contributed by atoms with Gasteiger partial charge < -0.3 is 9.52 Å². The van der Waals surface area contributed by atoms with Crippen molar-refractivity contribution >= 4 is 23.1 Å². The average molecular weight is 277 g/mol. The molecule has 5 nitrogen and oxygen atoms in total. The minimum absolute atomic E-state index is 0.124. The van der Waals surface area contributed by atoms with Crippen molar-refractivity contribution in [3.8, 4) is 0 Å². The van der Waals surface area contributed by atoms with Gasteiger partial charge in [0.15, 0.2) is 5.15 Å². The van der Waals surface area contributed by atoms with Crippen molar-refractivity contribution in [3.05, 3.63) is 59.0 Å². The molecule has 0 aromatic carbocycles. The molecule has 0 saturated heterocycles. The van der Waals surface area contributed by atoms with E-state index in [-0.39, 0.29) is 10.8 Å². The molecular formula is C13H9ClN2O3. The summed E-state index contributed by atoms with van der Waals surface area (Å²) in [6, 6.07) is 8.46. The third-order valence-corrected chi connectivity index (χ3v) is 3.10. The van der Waals surface area contributed by atoms with Crippen LogP contribution in [0.5, 0.6) is 0 Å². The quantitative estimate of drug-likeness (QED) is 0.799. The Kier molecular flexibility index (Phi) is 2.76. The molecule has 0 aliphatic heterocycles. The Morgan fingerprint density at radius 2 is 2.21 bits per heavy atom. The van der Waals surface area contributed by atoms with Gasteiger partial charge in [0.1, 0.15) is 17.3 Å². The van der Waals surface area contributed by atoms with Crippen LogP contribution in [-0.4, -0.2) is 20.5 Å². The highest BCUT2D eigenvalue weighted by Gasteiger charge is 2.17. The maximum absolute atomic E-state index is 11.3. The van der Waals surface area contributed by atoms with Gasteiger partial charge in [-0.05, 0) is 24.3 Å². The van der Waals surface area contributed by atoms with E-state index in [2.05, 4.69) is 4.98 Å². The predicted octanol–water partition coefficient (Wildman–Crippen LogP) is 2.87. The molecule has 3 heterocycles. The van der Waals surface area contributed by atoms with Crippen molar-refractivity contribution in [2.45, 2.75) is 6.42 Å². The fourth-order valence-electron chi connectivity index (χ4n) is 2.02. The third-order valence-electron chi connectivity index (χ3n) is 2.82. The summed E-state index contributed by atoms with van der Waals surface area (Å²) >= 11 is 6.04. The van der Waals surface area contributed by atoms with Crippen molar-refractivity contribution in [3.63, 3.8) is 0 Å². The Morgan fingerprint density at radius 1 is 1.37 bits per heavy atom. The predicted molar refractivity (Wildman–Crippen MR) is 68.7 cm³/mol. The standard InChI is InChI=1S/C13H9ClN2O3/c14-12-9-4-1-5-10(13(17)18)16(9)11(15-12)7-8-3-2-6-19-8/h1-6H,7H2,(H,17,18). The number of furan rings is 1. The lowest BCUT2D eigenvalue weighted by Crippen LogP contribution is -2.07. The number of halogens is 1. The normalized spacial score (nSPS) is 11.0. The van der Waals surface area contributed by atoms with E-state index in [9.17, 15) is 9.90 Å². The summed E-state index contributed by atoms with van der Waals surface area (Å²) < 4.78 is 6.79. The van der Waals surface area contributed by atoms with E-state index in [1.807, 2.05) is 0 Å². The number of aromatic carboxylic acids is 1. The lowest BCUT2D eigenvalue weighted by atomic mass is 10.3. The molecule has 0 aliphatic rings. The van der Waals surface area contributed by atoms with Crippen LogP contribution in [0.1, 0.15) is 22.1 Å². The molecule has 0 aliphatic carbocycles. The molecule has 6 heteroatoms. The van der Waals surface area contributed by atoms with E-state index in [1.165, 1.54) is 10.5 Å². The van der Waals surface area contributed by atoms with Crippen LogP contribution in [-0.2, 0) is 6.42 Å². The number of rotatable bonds is 3. The number of nitrogens with zero attached hydrogens (tertiary/aromatic N) is 2. The molecule has 0 fully saturated rings. The van der Waals surface area contributed by atoms with Crippen LogP contribution in [0.2, 0.25) is 5.15 Å². The molecule has 0 unspecified atom stereocenters. The van der Waals surface area contributed by atoms with Gasteiger partial charge in [0.2, 0.25) is 0 Å². The number of imidazole rings is 1. The highest BCUT2D eigenvalue weighted by Crippen LogP contribution is 2.22. The van der Waals surface area contributed by atoms with Crippen molar-refractivity contribution in [2.75, 3.05) is 0 Å². The molecule has 3 aromatic heterocycles. The molecule has 0 amide bonds. The van der Waals surface area contributed by atoms with E-state index in [4.69, 9.17) is 16.0 Å². The van der Waals surface area contributed by atoms with Crippen molar-refractivity contribution < 1.29 is 14.3 Å². The van der Waals surface area contributed by atoms with Gasteiger partial charge in [-0.25, -0.2) is 9.78 Å². The van der Waals surface area contributed by atoms with Gasteiger partial charge in [-0.15, -0.1) is 0 Å². The molecule has 0 bridgehead atoms. The summed E-state index contributed by atoms with van der Waals surface area (Å²) in [6.45, 7) is 0. The van der Waals surface area contributed by atoms with Gasteiger partial charge in [-0.1, -0.05) is 17.7 Å². The van der Waals surface area contributed by atoms with E-state index < -0.39 is 5.97 Å². The zero-order chi connectivity index (χ0) is 13.4. The lowest BCUT2D eigenvalue weighted by molar-refractivity contribution is 0.0688. The number of fused-ring (bicyclic) bond motifs is 1. The molecule has 0 spiro atoms. The Morgan fingerprint density at radius 3 is 2.89 bits per heavy atom. The first kappa shape index (κ1) is 11.8. The largest absolute Gasteiger partial charge is 0.477 e. The third kappa shape index (κ3) is 1.98. The minimum Gasteiger partial charge on any atom is -0.477 e. The smallest absolute Gasteiger partial charge is 0.352 e. The second-order valence-corrected chi connectivity index (χ2v) is 4.37. The summed E-state index contributed by atoms with van der Waals surface area (Å²) in [7, 11) is 0. The Labute approximate surface area is 113 Å². The van der Waals surface area contributed by atoms with Crippen LogP contribution in [0.4, 0.5) is 0 Å². The van der Waals surface area contributed by atoms with Gasteiger partial charge in [0, 0.05) is 0 Å². The molecule has 0 saturated carbocycles. The first-order valence-corrected chi connectivity index (χ1v) is 5.96. The SMILES string of the molecule is O=C(O)c1cccc2c(Cl)nc(Cc3ccco3)n12. The first-order valence-electron chi connectivity index (χ1n) is 5.58. The summed E-state index contributed by atoms with van der Waals surface area (Å²) in [6.07, 6.45) is 1.94. The zero-order valence-electron chi connectivity index (χ0n) is 9.71. The number of carbonyl (C=O) groups is 1. The topological polar surface area (TPSA) is 67.7 Å². The molecule has 3 aromatic rings. The summed E-state index contributed by atoms with van der Waals surface area (Å²) in [5.41, 5.74) is 0.696. The fourth-order valence-corrected chi connectivity index (χ4v) is 2.27. The van der Waals surface area contributed by atoms with Gasteiger partial charge in [0.25, 0.3) is 0 Å². The second-order valence-electron chi connectivity index (χ2n) is 4.01. The highest BCUT2D eigenvalue weighted by molar-refractivity contribution is 6.32. The van der Waals surface area contributed by atoms with E-state index in [0.29, 0.717) is 23.5 Å². The van der Waals surface area contributed by atoms with Crippen LogP contribution in [0.25, 0.3) is 5.52 Å². The summed E-state index contributed by atoms with van der Waals surface area (Å²) in [5, 5.41) is 9.51. The van der Waals surface area contributed by atoms with E-state index in [0.717, 1.165) is 0 Å². The van der Waals surface area contributed by atoms with Crippen molar-refractivity contribution in [1.82, 2.24) is 9.38 Å². The highest BCUT2D eigenvalue weighted by atomic mass is 35.5. The van der Waals surface area contributed by atoms with Crippen molar-refractivity contribution in [2.24, 2.45) is 0 Å². The Hall–Kier alpha value is -2.27. The molecule has 0 atom stereocenters. The molecule has 1 N–H and O–H groups in total. The molecule has 96 valence electrons. The van der Waals surface area contributed by atoms with Crippen LogP contribution in [0.3, 0.4) is 0 Å². The molecule has 3 rings (SSSR count). The monoisotopic (exact) mass is 276 g/mol. The van der Waals surface area contributed by atoms with Gasteiger partial charge in [0.05, 0.1) is 18.2 Å². The molecular weight excluding hydrogens is 268 g/mol. The maximum atomic E-state index is 11.3. The van der Waals surface area contributed by atoms with E-state index >= 15 is 0 Å². The molecule has 19 heavy (non-hydrogen) atoms.